The number of ether oxygens (including phenoxy) is 2. The second kappa shape index (κ2) is 12.0. The summed E-state index contributed by atoms with van der Waals surface area (Å²) >= 11 is 0.633. The topological polar surface area (TPSA) is 96.4 Å². The van der Waals surface area contributed by atoms with Crippen LogP contribution in [0.1, 0.15) is 42.5 Å². The number of hydrogen-bond acceptors (Lipinski definition) is 6. The highest BCUT2D eigenvalue weighted by Crippen LogP contribution is 2.43. The Morgan fingerprint density at radius 2 is 1.76 bits per heavy atom. The Morgan fingerprint density at radius 3 is 2.38 bits per heavy atom. The van der Waals surface area contributed by atoms with E-state index in [2.05, 4.69) is 0 Å². The van der Waals surface area contributed by atoms with Crippen LogP contribution in [0, 0.1) is 0 Å². The van der Waals surface area contributed by atoms with Gasteiger partial charge in [-0.25, -0.2) is 4.79 Å². The number of carboxylic acids is 1. The summed E-state index contributed by atoms with van der Waals surface area (Å²) in [4.78, 5) is 39.8. The maximum absolute atomic E-state index is 13.7. The summed E-state index contributed by atoms with van der Waals surface area (Å²) in [7, 11) is 1.32. The van der Waals surface area contributed by atoms with Crippen molar-refractivity contribution in [2.24, 2.45) is 0 Å². The van der Waals surface area contributed by atoms with E-state index in [4.69, 9.17) is 9.47 Å². The molecule has 0 bridgehead atoms. The monoisotopic (exact) mass is 604 g/mol. The molecular formula is C30H31F3N2O6S. The molecule has 2 heterocycles. The van der Waals surface area contributed by atoms with Crippen LogP contribution < -0.4 is 9.64 Å². The van der Waals surface area contributed by atoms with Gasteiger partial charge in [-0.15, -0.1) is 11.3 Å². The van der Waals surface area contributed by atoms with E-state index in [0.717, 1.165) is 10.5 Å². The lowest BCUT2D eigenvalue weighted by Crippen LogP contribution is -2.51. The van der Waals surface area contributed by atoms with Gasteiger partial charge in [-0.1, -0.05) is 30.3 Å². The van der Waals surface area contributed by atoms with Gasteiger partial charge in [-0.3, -0.25) is 14.5 Å². The van der Waals surface area contributed by atoms with Gasteiger partial charge in [-0.2, -0.15) is 13.2 Å². The van der Waals surface area contributed by atoms with Gasteiger partial charge in [0.1, 0.15) is 28.9 Å². The van der Waals surface area contributed by atoms with Crippen molar-refractivity contribution in [3.63, 3.8) is 0 Å². The number of fused-ring (bicyclic) bond motifs is 1. The van der Waals surface area contributed by atoms with Crippen molar-refractivity contribution in [3.8, 4) is 16.9 Å². The van der Waals surface area contributed by atoms with E-state index >= 15 is 0 Å². The van der Waals surface area contributed by atoms with Gasteiger partial charge < -0.3 is 19.5 Å². The van der Waals surface area contributed by atoms with Crippen LogP contribution in [0.3, 0.4) is 0 Å². The van der Waals surface area contributed by atoms with Crippen LogP contribution in [0.5, 0.6) is 5.75 Å². The van der Waals surface area contributed by atoms with E-state index in [-0.39, 0.29) is 18.7 Å². The number of nitrogens with zero attached hydrogens (tertiary/aromatic N) is 2. The van der Waals surface area contributed by atoms with Gasteiger partial charge in [0.15, 0.2) is 0 Å². The van der Waals surface area contributed by atoms with Crippen molar-refractivity contribution in [2.75, 3.05) is 18.5 Å². The van der Waals surface area contributed by atoms with E-state index in [0.29, 0.717) is 39.6 Å². The highest BCUT2D eigenvalue weighted by molar-refractivity contribution is 7.12. The van der Waals surface area contributed by atoms with Crippen LogP contribution in [-0.2, 0) is 33.5 Å². The molecule has 2 amide bonds. The number of amides is 2. The lowest BCUT2D eigenvalue weighted by atomic mass is 10.1. The number of thiophene rings is 1. The maximum Gasteiger partial charge on any atom is 0.426 e. The fourth-order valence-corrected chi connectivity index (χ4v) is 5.56. The third-order valence-corrected chi connectivity index (χ3v) is 7.67. The summed E-state index contributed by atoms with van der Waals surface area (Å²) in [6, 6.07) is 13.5. The molecule has 3 aromatic rings. The second-order valence-electron chi connectivity index (χ2n) is 10.8. The molecule has 0 aliphatic carbocycles. The van der Waals surface area contributed by atoms with Crippen molar-refractivity contribution in [1.29, 1.82) is 0 Å². The molecule has 0 saturated carbocycles. The largest absolute Gasteiger partial charge is 0.488 e. The first-order valence-corrected chi connectivity index (χ1v) is 14.0. The molecule has 1 aromatic heterocycles. The number of alkyl halides is 3. The summed E-state index contributed by atoms with van der Waals surface area (Å²) in [5.74, 6) is -1.39. The molecule has 0 radical (unpaired) electrons. The van der Waals surface area contributed by atoms with Crippen molar-refractivity contribution >= 4 is 35.0 Å². The molecule has 0 unspecified atom stereocenters. The Kier molecular flexibility index (Phi) is 8.86. The molecule has 8 nitrogen and oxygen atoms in total. The van der Waals surface area contributed by atoms with Crippen LogP contribution in [0.25, 0.3) is 11.1 Å². The molecule has 4 rings (SSSR count). The second-order valence-corrected chi connectivity index (χ2v) is 12.0. The van der Waals surface area contributed by atoms with Gasteiger partial charge in [0.2, 0.25) is 0 Å². The van der Waals surface area contributed by atoms with E-state index in [1.165, 1.54) is 18.0 Å². The number of benzene rings is 2. The maximum atomic E-state index is 13.7. The zero-order chi connectivity index (χ0) is 30.8. The number of carboxylic acid groups (broad SMARTS) is 1. The number of rotatable bonds is 8. The van der Waals surface area contributed by atoms with Gasteiger partial charge in [-0.05, 0) is 62.6 Å². The van der Waals surface area contributed by atoms with Gasteiger partial charge in [0.05, 0.1) is 6.42 Å². The molecule has 1 atom stereocenters. The number of carbonyl (C=O) groups is 3. The first kappa shape index (κ1) is 30.9. The normalized spacial score (nSPS) is 13.8. The number of likely N-dealkylation sites (N-methyl/N-ethyl adjacent to an activating group) is 1. The fraction of sp³-hybridized carbons (Fsp3) is 0.367. The SMILES string of the molecule is CN(C(=O)OC(C)(C)C)[C@H](CC(=O)O)C(=O)N1CCc2cc(OCc3cc(-c4ccccc4)c(C(F)(F)F)s3)ccc21. The molecule has 42 heavy (non-hydrogen) atoms. The van der Waals surface area contributed by atoms with E-state index < -0.39 is 47.1 Å². The van der Waals surface area contributed by atoms with Gasteiger partial charge in [0, 0.05) is 29.7 Å². The number of hydrogen-bond donors (Lipinski definition) is 1. The summed E-state index contributed by atoms with van der Waals surface area (Å²) in [5, 5.41) is 9.42. The first-order chi connectivity index (χ1) is 19.6. The fourth-order valence-electron chi connectivity index (χ4n) is 4.60. The summed E-state index contributed by atoms with van der Waals surface area (Å²) in [6.07, 6.45) is -5.48. The molecule has 0 spiro atoms. The van der Waals surface area contributed by atoms with Crippen molar-refractivity contribution in [1.82, 2.24) is 4.90 Å². The van der Waals surface area contributed by atoms with Crippen LogP contribution in [-0.4, -0.2) is 53.2 Å². The molecule has 12 heteroatoms. The highest BCUT2D eigenvalue weighted by Gasteiger charge is 2.38. The van der Waals surface area contributed by atoms with Crippen molar-refractivity contribution in [3.05, 3.63) is 69.9 Å². The Balaban J connectivity index is 1.50. The molecule has 0 fully saturated rings. The first-order valence-electron chi connectivity index (χ1n) is 13.1. The summed E-state index contributed by atoms with van der Waals surface area (Å²) < 4.78 is 52.4. The van der Waals surface area contributed by atoms with Crippen molar-refractivity contribution < 1.29 is 42.1 Å². The third-order valence-electron chi connectivity index (χ3n) is 6.52. The zero-order valence-electron chi connectivity index (χ0n) is 23.5. The number of anilines is 1. The zero-order valence-corrected chi connectivity index (χ0v) is 24.3. The minimum absolute atomic E-state index is 0.0800. The Bertz CT molecular complexity index is 1470. The van der Waals surface area contributed by atoms with Gasteiger partial charge >= 0.3 is 18.2 Å². The van der Waals surface area contributed by atoms with Crippen molar-refractivity contribution in [2.45, 2.75) is 58.0 Å². The summed E-state index contributed by atoms with van der Waals surface area (Å²) in [5.41, 5.74) is 1.03. The molecule has 0 saturated heterocycles. The minimum atomic E-state index is -4.51. The molecule has 1 aliphatic rings. The smallest absolute Gasteiger partial charge is 0.426 e. The molecular weight excluding hydrogens is 573 g/mol. The highest BCUT2D eigenvalue weighted by atomic mass is 32.1. The summed E-state index contributed by atoms with van der Waals surface area (Å²) in [6.45, 7) is 5.18. The Hall–Kier alpha value is -4.06. The van der Waals surface area contributed by atoms with E-state index in [1.807, 2.05) is 0 Å². The predicted molar refractivity (Wildman–Crippen MR) is 152 cm³/mol. The predicted octanol–water partition coefficient (Wildman–Crippen LogP) is 6.61. The average molecular weight is 605 g/mol. The molecule has 1 aliphatic heterocycles. The lowest BCUT2D eigenvalue weighted by molar-refractivity contribution is -0.141. The van der Waals surface area contributed by atoms with E-state index in [9.17, 15) is 32.7 Å². The molecule has 224 valence electrons. The standard InChI is InChI=1S/C30H31F3N2O6S/c1-29(2,3)41-28(39)34(4)24(16-25(36)37)27(38)35-13-12-19-14-20(10-11-23(19)35)40-17-21-15-22(18-8-6-5-7-9-18)26(42-21)30(31,32)33/h5-11,14-15,24H,12-13,16-17H2,1-4H3,(H,36,37)/t24-/m1/s1. The van der Waals surface area contributed by atoms with Crippen LogP contribution in [0.15, 0.2) is 54.6 Å². The average Bonchev–Trinajstić information content (AvgIpc) is 3.54. The quantitative estimate of drug-likeness (QED) is 0.311. The number of halogens is 3. The number of aliphatic carboxylic acids is 1. The molecule has 1 N–H and O–H groups in total. The third kappa shape index (κ3) is 7.22. The minimum Gasteiger partial charge on any atom is -0.488 e. The van der Waals surface area contributed by atoms with Crippen LogP contribution in [0.2, 0.25) is 0 Å². The van der Waals surface area contributed by atoms with Gasteiger partial charge in [0.25, 0.3) is 5.91 Å². The molecule has 2 aromatic carbocycles. The van der Waals surface area contributed by atoms with Crippen LogP contribution in [0.4, 0.5) is 23.7 Å². The van der Waals surface area contributed by atoms with E-state index in [1.54, 1.807) is 69.3 Å². The number of carbonyl (C=O) groups excluding carboxylic acids is 2. The Morgan fingerprint density at radius 1 is 1.07 bits per heavy atom. The lowest BCUT2D eigenvalue weighted by Gasteiger charge is -2.31. The van der Waals surface area contributed by atoms with Crippen LogP contribution >= 0.6 is 11.3 Å². The Labute approximate surface area is 245 Å².